The molecule has 0 saturated carbocycles. The van der Waals surface area contributed by atoms with Gasteiger partial charge in [-0.1, -0.05) is 0 Å². The van der Waals surface area contributed by atoms with Crippen LogP contribution in [0.25, 0.3) is 0 Å². The summed E-state index contributed by atoms with van der Waals surface area (Å²) in [5.41, 5.74) is -0.383. The molecular formula is C18H17F3N4O3. The van der Waals surface area contributed by atoms with E-state index in [0.717, 1.165) is 12.3 Å². The third-order valence-electron chi connectivity index (χ3n) is 4.61. The standard InChI is InChI=1S/C18H17F3N4O3/c19-18(20,21)13-1-6-16(22-11-13)24-9-7-12(8-10-24)17(26)23-14-2-4-15(5-3-14)25(27)28/h1-6,11-12H,7-10H2,(H,23,26). The van der Waals surface area contributed by atoms with Gasteiger partial charge in [0.2, 0.25) is 5.91 Å². The van der Waals surface area contributed by atoms with Gasteiger partial charge in [0.25, 0.3) is 5.69 Å². The number of hydrogen-bond acceptors (Lipinski definition) is 5. The van der Waals surface area contributed by atoms with Crippen molar-refractivity contribution in [2.24, 2.45) is 5.92 Å². The zero-order chi connectivity index (χ0) is 20.3. The molecule has 1 fully saturated rings. The van der Waals surface area contributed by atoms with Crippen LogP contribution < -0.4 is 10.2 Å². The van der Waals surface area contributed by atoms with Gasteiger partial charge in [-0.2, -0.15) is 13.2 Å². The van der Waals surface area contributed by atoms with Gasteiger partial charge in [0, 0.05) is 43.0 Å². The molecule has 148 valence electrons. The first kappa shape index (κ1) is 19.6. The fourth-order valence-corrected chi connectivity index (χ4v) is 3.02. The molecule has 2 aromatic rings. The largest absolute Gasteiger partial charge is 0.417 e. The summed E-state index contributed by atoms with van der Waals surface area (Å²) in [5.74, 6) is 0.0111. The minimum atomic E-state index is -4.42. The SMILES string of the molecule is O=C(Nc1ccc([N+](=O)[O-])cc1)C1CCN(c2ccc(C(F)(F)F)cn2)CC1. The van der Waals surface area contributed by atoms with Crippen molar-refractivity contribution in [3.05, 3.63) is 58.3 Å². The number of nitro benzene ring substituents is 1. The van der Waals surface area contributed by atoms with Crippen LogP contribution in [0, 0.1) is 16.0 Å². The predicted molar refractivity (Wildman–Crippen MR) is 95.9 cm³/mol. The molecule has 10 heteroatoms. The molecule has 1 amide bonds. The molecule has 1 aromatic heterocycles. The van der Waals surface area contributed by atoms with Crippen molar-refractivity contribution in [1.29, 1.82) is 0 Å². The van der Waals surface area contributed by atoms with Gasteiger partial charge < -0.3 is 10.2 Å². The van der Waals surface area contributed by atoms with Crippen LogP contribution in [0.1, 0.15) is 18.4 Å². The van der Waals surface area contributed by atoms with Gasteiger partial charge in [0.05, 0.1) is 10.5 Å². The van der Waals surface area contributed by atoms with Gasteiger partial charge >= 0.3 is 6.18 Å². The summed E-state index contributed by atoms with van der Waals surface area (Å²) in [6.07, 6.45) is -2.56. The fraction of sp³-hybridized carbons (Fsp3) is 0.333. The van der Waals surface area contributed by atoms with Crippen molar-refractivity contribution >= 4 is 23.1 Å². The van der Waals surface area contributed by atoms with Crippen LogP contribution in [0.15, 0.2) is 42.6 Å². The highest BCUT2D eigenvalue weighted by atomic mass is 19.4. The number of rotatable bonds is 4. The number of pyridine rings is 1. The van der Waals surface area contributed by atoms with Crippen LogP contribution in [0.3, 0.4) is 0 Å². The van der Waals surface area contributed by atoms with Gasteiger partial charge in [-0.25, -0.2) is 4.98 Å². The number of alkyl halides is 3. The highest BCUT2D eigenvalue weighted by Gasteiger charge is 2.31. The van der Waals surface area contributed by atoms with E-state index in [0.29, 0.717) is 37.4 Å². The summed E-state index contributed by atoms with van der Waals surface area (Å²) in [4.78, 5) is 28.2. The number of hydrogen-bond donors (Lipinski definition) is 1. The maximum absolute atomic E-state index is 12.6. The Morgan fingerprint density at radius 2 is 1.79 bits per heavy atom. The number of amides is 1. The maximum atomic E-state index is 12.6. The number of carbonyl (C=O) groups excluding carboxylic acids is 1. The molecule has 2 heterocycles. The molecule has 1 aromatic carbocycles. The summed E-state index contributed by atoms with van der Waals surface area (Å²) >= 11 is 0. The number of piperidine rings is 1. The molecule has 1 aliphatic heterocycles. The van der Waals surface area contributed by atoms with E-state index in [1.54, 1.807) is 0 Å². The minimum Gasteiger partial charge on any atom is -0.357 e. The summed E-state index contributed by atoms with van der Waals surface area (Å²) in [6, 6.07) is 7.90. The molecule has 0 spiro atoms. The first-order valence-corrected chi connectivity index (χ1v) is 8.57. The van der Waals surface area contributed by atoms with E-state index in [9.17, 15) is 28.1 Å². The number of halogens is 3. The molecule has 0 bridgehead atoms. The Labute approximate surface area is 158 Å². The predicted octanol–water partition coefficient (Wildman–Crippen LogP) is 3.86. The van der Waals surface area contributed by atoms with Crippen LogP contribution >= 0.6 is 0 Å². The van der Waals surface area contributed by atoms with Gasteiger partial charge in [0.15, 0.2) is 0 Å². The zero-order valence-electron chi connectivity index (χ0n) is 14.6. The molecule has 1 aliphatic rings. The number of carbonyl (C=O) groups is 1. The van der Waals surface area contributed by atoms with E-state index in [1.807, 2.05) is 4.90 Å². The third-order valence-corrected chi connectivity index (χ3v) is 4.61. The monoisotopic (exact) mass is 394 g/mol. The van der Waals surface area contributed by atoms with Crippen LogP contribution in [-0.4, -0.2) is 28.9 Å². The molecule has 1 saturated heterocycles. The number of nitro groups is 1. The summed E-state index contributed by atoms with van der Waals surface area (Å²) in [5, 5.41) is 13.4. The van der Waals surface area contributed by atoms with Gasteiger partial charge in [-0.15, -0.1) is 0 Å². The second kappa shape index (κ2) is 7.83. The number of aromatic nitrogens is 1. The number of nitrogens with one attached hydrogen (secondary N) is 1. The molecule has 7 nitrogen and oxygen atoms in total. The number of non-ortho nitro benzene ring substituents is 1. The van der Waals surface area contributed by atoms with Crippen molar-refractivity contribution in [1.82, 2.24) is 4.98 Å². The van der Waals surface area contributed by atoms with E-state index >= 15 is 0 Å². The lowest BCUT2D eigenvalue weighted by Gasteiger charge is -2.32. The van der Waals surface area contributed by atoms with Crippen molar-refractivity contribution in [2.45, 2.75) is 19.0 Å². The van der Waals surface area contributed by atoms with Gasteiger partial charge in [0.1, 0.15) is 5.82 Å². The second-order valence-corrected chi connectivity index (χ2v) is 6.46. The third kappa shape index (κ3) is 4.56. The van der Waals surface area contributed by atoms with Crippen molar-refractivity contribution in [3.8, 4) is 0 Å². The lowest BCUT2D eigenvalue weighted by molar-refractivity contribution is -0.384. The van der Waals surface area contributed by atoms with Crippen molar-refractivity contribution < 1.29 is 22.9 Å². The van der Waals surface area contributed by atoms with E-state index in [2.05, 4.69) is 10.3 Å². The fourth-order valence-electron chi connectivity index (χ4n) is 3.02. The average Bonchev–Trinajstić information content (AvgIpc) is 2.68. The Balaban J connectivity index is 1.54. The first-order valence-electron chi connectivity index (χ1n) is 8.57. The molecule has 0 aliphatic carbocycles. The highest BCUT2D eigenvalue weighted by molar-refractivity contribution is 5.92. The summed E-state index contributed by atoms with van der Waals surface area (Å²) in [7, 11) is 0. The number of nitrogens with zero attached hydrogens (tertiary/aromatic N) is 3. The molecule has 1 N–H and O–H groups in total. The highest BCUT2D eigenvalue weighted by Crippen LogP contribution is 2.30. The quantitative estimate of drug-likeness (QED) is 0.628. The zero-order valence-corrected chi connectivity index (χ0v) is 14.6. The lowest BCUT2D eigenvalue weighted by atomic mass is 9.95. The topological polar surface area (TPSA) is 88.4 Å². The Morgan fingerprint density at radius 1 is 1.14 bits per heavy atom. The maximum Gasteiger partial charge on any atom is 0.417 e. The van der Waals surface area contributed by atoms with Crippen molar-refractivity contribution in [3.63, 3.8) is 0 Å². The van der Waals surface area contributed by atoms with E-state index in [1.165, 1.54) is 30.3 Å². The first-order chi connectivity index (χ1) is 13.2. The molecule has 0 radical (unpaired) electrons. The van der Waals surface area contributed by atoms with Gasteiger partial charge in [-0.3, -0.25) is 14.9 Å². The number of benzene rings is 1. The number of anilines is 2. The Hall–Kier alpha value is -3.17. The second-order valence-electron chi connectivity index (χ2n) is 6.46. The molecule has 0 unspecified atom stereocenters. The minimum absolute atomic E-state index is 0.0599. The average molecular weight is 394 g/mol. The molecular weight excluding hydrogens is 377 g/mol. The Morgan fingerprint density at radius 3 is 2.29 bits per heavy atom. The summed E-state index contributed by atoms with van der Waals surface area (Å²) in [6.45, 7) is 0.993. The van der Waals surface area contributed by atoms with Crippen LogP contribution in [0.2, 0.25) is 0 Å². The van der Waals surface area contributed by atoms with E-state index < -0.39 is 16.7 Å². The van der Waals surface area contributed by atoms with Gasteiger partial charge in [-0.05, 0) is 37.1 Å². The molecule has 3 rings (SSSR count). The molecule has 0 atom stereocenters. The lowest BCUT2D eigenvalue weighted by Crippen LogP contribution is -2.38. The normalized spacial score (nSPS) is 15.3. The van der Waals surface area contributed by atoms with Crippen LogP contribution in [0.5, 0.6) is 0 Å². The summed E-state index contributed by atoms with van der Waals surface area (Å²) < 4.78 is 37.8. The van der Waals surface area contributed by atoms with E-state index in [-0.39, 0.29) is 17.5 Å². The van der Waals surface area contributed by atoms with Crippen molar-refractivity contribution in [2.75, 3.05) is 23.3 Å². The Kier molecular flexibility index (Phi) is 5.48. The Bertz CT molecular complexity index is 846. The molecule has 28 heavy (non-hydrogen) atoms. The van der Waals surface area contributed by atoms with Crippen LogP contribution in [0.4, 0.5) is 30.4 Å². The van der Waals surface area contributed by atoms with E-state index in [4.69, 9.17) is 0 Å². The smallest absolute Gasteiger partial charge is 0.357 e. The van der Waals surface area contributed by atoms with Crippen LogP contribution in [-0.2, 0) is 11.0 Å².